The summed E-state index contributed by atoms with van der Waals surface area (Å²) < 4.78 is 6.51. The van der Waals surface area contributed by atoms with Crippen molar-refractivity contribution >= 4 is 17.4 Å². The number of nitrogens with zero attached hydrogens (tertiary/aromatic N) is 3. The van der Waals surface area contributed by atoms with Gasteiger partial charge in [0.2, 0.25) is 5.91 Å². The maximum Gasteiger partial charge on any atom is 0.330 e. The molecule has 9 heteroatoms. The normalized spacial score (nSPS) is 10.9. The second-order valence-corrected chi connectivity index (χ2v) is 7.85. The smallest absolute Gasteiger partial charge is 0.330 e. The Morgan fingerprint density at radius 2 is 1.91 bits per heavy atom. The molecule has 0 saturated heterocycles. The second kappa shape index (κ2) is 12.6. The number of ether oxygens (including phenoxy) is 1. The lowest BCUT2D eigenvalue weighted by Gasteiger charge is -2.28. The summed E-state index contributed by atoms with van der Waals surface area (Å²) >= 11 is 0. The average molecular weight is 458 g/mol. The minimum absolute atomic E-state index is 0.0143. The Morgan fingerprint density at radius 3 is 2.48 bits per heavy atom. The summed E-state index contributed by atoms with van der Waals surface area (Å²) in [6.45, 7) is 9.46. The molecule has 1 amide bonds. The molecule has 0 unspecified atom stereocenters. The van der Waals surface area contributed by atoms with Crippen LogP contribution < -0.4 is 26.6 Å². The third-order valence-electron chi connectivity index (χ3n) is 5.28. The molecule has 0 bridgehead atoms. The van der Waals surface area contributed by atoms with E-state index in [4.69, 9.17) is 10.5 Å². The highest BCUT2D eigenvalue weighted by Crippen LogP contribution is 2.19. The van der Waals surface area contributed by atoms with Crippen LogP contribution in [-0.4, -0.2) is 47.1 Å². The highest BCUT2D eigenvalue weighted by Gasteiger charge is 2.25. The van der Waals surface area contributed by atoms with Crippen LogP contribution >= 0.6 is 0 Å². The van der Waals surface area contributed by atoms with E-state index in [9.17, 15) is 14.4 Å². The van der Waals surface area contributed by atoms with Crippen molar-refractivity contribution in [1.82, 2.24) is 14.5 Å². The largest absolute Gasteiger partial charge is 0.497 e. The van der Waals surface area contributed by atoms with Crippen LogP contribution in [0.1, 0.15) is 38.7 Å². The molecule has 1 aromatic heterocycles. The van der Waals surface area contributed by atoms with Crippen molar-refractivity contribution in [2.45, 2.75) is 46.2 Å². The van der Waals surface area contributed by atoms with E-state index in [0.29, 0.717) is 39.0 Å². The summed E-state index contributed by atoms with van der Waals surface area (Å²) in [6, 6.07) is 7.62. The molecule has 1 heterocycles. The zero-order valence-electron chi connectivity index (χ0n) is 19.8. The number of aromatic nitrogens is 2. The molecule has 9 nitrogen and oxygen atoms in total. The molecule has 0 saturated carbocycles. The molecule has 0 aliphatic carbocycles. The van der Waals surface area contributed by atoms with Gasteiger partial charge in [0.1, 0.15) is 11.6 Å². The standard InChI is InChI=1S/C24H35N5O4/c1-5-8-15-28(21-22(25)29(14-7-3)24(32)26-23(21)31)20(30)17-27(13-6-2)16-18-9-11-19(33-4)12-10-18/h6,9-12H,2,5,7-8,13-17,25H2,1,3-4H3,(H,26,31,32). The molecule has 180 valence electrons. The Morgan fingerprint density at radius 1 is 1.21 bits per heavy atom. The zero-order chi connectivity index (χ0) is 24.4. The molecule has 0 atom stereocenters. The van der Waals surface area contributed by atoms with Gasteiger partial charge < -0.3 is 15.4 Å². The first-order valence-electron chi connectivity index (χ1n) is 11.2. The monoisotopic (exact) mass is 457 g/mol. The van der Waals surface area contributed by atoms with Gasteiger partial charge in [-0.05, 0) is 30.5 Å². The quantitative estimate of drug-likeness (QED) is 0.447. The molecule has 1 aromatic carbocycles. The number of carbonyl (C=O) groups is 1. The molecule has 3 N–H and O–H groups in total. The fourth-order valence-corrected chi connectivity index (χ4v) is 3.59. The average Bonchev–Trinajstić information content (AvgIpc) is 2.79. The van der Waals surface area contributed by atoms with Gasteiger partial charge in [0, 0.05) is 26.2 Å². The second-order valence-electron chi connectivity index (χ2n) is 7.85. The Bertz CT molecular complexity index is 1040. The van der Waals surface area contributed by atoms with Crippen molar-refractivity contribution in [2.75, 3.05) is 37.4 Å². The number of hydrogen-bond acceptors (Lipinski definition) is 6. The van der Waals surface area contributed by atoms with Crippen LogP contribution in [0.25, 0.3) is 0 Å². The number of nitrogens with one attached hydrogen (secondary N) is 1. The van der Waals surface area contributed by atoms with Crippen molar-refractivity contribution in [3.63, 3.8) is 0 Å². The molecule has 0 fully saturated rings. The lowest BCUT2D eigenvalue weighted by atomic mass is 10.2. The number of benzene rings is 1. The van der Waals surface area contributed by atoms with E-state index in [0.717, 1.165) is 17.7 Å². The van der Waals surface area contributed by atoms with Crippen LogP contribution in [0.15, 0.2) is 46.5 Å². The topological polar surface area (TPSA) is 114 Å². The number of amides is 1. The van der Waals surface area contributed by atoms with Crippen molar-refractivity contribution < 1.29 is 9.53 Å². The van der Waals surface area contributed by atoms with Crippen molar-refractivity contribution in [1.29, 1.82) is 0 Å². The van der Waals surface area contributed by atoms with Gasteiger partial charge in [-0.2, -0.15) is 0 Å². The summed E-state index contributed by atoms with van der Waals surface area (Å²) in [4.78, 5) is 44.0. The van der Waals surface area contributed by atoms with E-state index in [1.54, 1.807) is 13.2 Å². The van der Waals surface area contributed by atoms with E-state index >= 15 is 0 Å². The Balaban J connectivity index is 2.35. The first kappa shape index (κ1) is 25.9. The van der Waals surface area contributed by atoms with Crippen LogP contribution in [0.2, 0.25) is 0 Å². The summed E-state index contributed by atoms with van der Waals surface area (Å²) in [5.41, 5.74) is 6.05. The number of methoxy groups -OCH3 is 1. The van der Waals surface area contributed by atoms with Crippen LogP contribution in [0, 0.1) is 0 Å². The van der Waals surface area contributed by atoms with Gasteiger partial charge in [0.05, 0.1) is 13.7 Å². The molecule has 0 radical (unpaired) electrons. The summed E-state index contributed by atoms with van der Waals surface area (Å²) in [7, 11) is 1.61. The van der Waals surface area contributed by atoms with Crippen molar-refractivity contribution in [3.8, 4) is 5.75 Å². The number of aromatic amines is 1. The number of nitrogen functional groups attached to an aromatic ring is 1. The van der Waals surface area contributed by atoms with Crippen molar-refractivity contribution in [3.05, 3.63) is 63.3 Å². The lowest BCUT2D eigenvalue weighted by Crippen LogP contribution is -2.45. The fraction of sp³-hybridized carbons (Fsp3) is 0.458. The first-order chi connectivity index (χ1) is 15.9. The summed E-state index contributed by atoms with van der Waals surface area (Å²) in [5, 5.41) is 0. The van der Waals surface area contributed by atoms with Crippen LogP contribution in [0.5, 0.6) is 5.75 Å². The van der Waals surface area contributed by atoms with Gasteiger partial charge in [0.15, 0.2) is 5.69 Å². The number of rotatable bonds is 13. The minimum Gasteiger partial charge on any atom is -0.497 e. The van der Waals surface area contributed by atoms with Gasteiger partial charge in [-0.15, -0.1) is 6.58 Å². The van der Waals surface area contributed by atoms with E-state index in [1.807, 2.05) is 43.0 Å². The predicted molar refractivity (Wildman–Crippen MR) is 132 cm³/mol. The summed E-state index contributed by atoms with van der Waals surface area (Å²) in [5.74, 6) is 0.505. The minimum atomic E-state index is -0.653. The molecule has 0 spiro atoms. The van der Waals surface area contributed by atoms with Gasteiger partial charge in [-0.1, -0.05) is 38.5 Å². The predicted octanol–water partition coefficient (Wildman–Crippen LogP) is 2.36. The molecule has 2 rings (SSSR count). The third-order valence-corrected chi connectivity index (χ3v) is 5.28. The van der Waals surface area contributed by atoms with E-state index in [2.05, 4.69) is 11.6 Å². The number of unbranched alkanes of at least 4 members (excludes halogenated alkanes) is 1. The molecule has 0 aliphatic heterocycles. The molecular formula is C24H35N5O4. The Hall–Kier alpha value is -3.33. The SMILES string of the molecule is C=CCN(CC(=O)N(CCCC)c1c(N)n(CCC)c(=O)[nH]c1=O)Cc1ccc(OC)cc1. The van der Waals surface area contributed by atoms with Gasteiger partial charge >= 0.3 is 5.69 Å². The summed E-state index contributed by atoms with van der Waals surface area (Å²) in [6.07, 6.45) is 3.92. The molecule has 2 aromatic rings. The molecule has 33 heavy (non-hydrogen) atoms. The number of nitrogens with two attached hydrogens (primary N) is 1. The highest BCUT2D eigenvalue weighted by atomic mass is 16.5. The molecular weight excluding hydrogens is 422 g/mol. The Labute approximate surface area is 194 Å². The molecule has 0 aliphatic rings. The number of hydrogen-bond donors (Lipinski definition) is 2. The number of H-pyrrole nitrogens is 1. The van der Waals surface area contributed by atoms with Crippen LogP contribution in [0.3, 0.4) is 0 Å². The van der Waals surface area contributed by atoms with Crippen LogP contribution in [-0.2, 0) is 17.9 Å². The maximum atomic E-state index is 13.4. The van der Waals surface area contributed by atoms with Gasteiger partial charge in [0.25, 0.3) is 5.56 Å². The Kier molecular flexibility index (Phi) is 9.93. The maximum absolute atomic E-state index is 13.4. The van der Waals surface area contributed by atoms with Gasteiger partial charge in [-0.25, -0.2) is 4.79 Å². The van der Waals surface area contributed by atoms with E-state index in [-0.39, 0.29) is 24.0 Å². The third kappa shape index (κ3) is 6.82. The zero-order valence-corrected chi connectivity index (χ0v) is 19.8. The van der Waals surface area contributed by atoms with Crippen molar-refractivity contribution in [2.24, 2.45) is 0 Å². The van der Waals surface area contributed by atoms with Crippen LogP contribution in [0.4, 0.5) is 11.5 Å². The first-order valence-corrected chi connectivity index (χ1v) is 11.2. The van der Waals surface area contributed by atoms with Gasteiger partial charge in [-0.3, -0.25) is 24.0 Å². The van der Waals surface area contributed by atoms with E-state index in [1.165, 1.54) is 9.47 Å². The fourth-order valence-electron chi connectivity index (χ4n) is 3.59. The highest BCUT2D eigenvalue weighted by molar-refractivity contribution is 5.96. The lowest BCUT2D eigenvalue weighted by molar-refractivity contribution is -0.119. The van der Waals surface area contributed by atoms with E-state index < -0.39 is 11.2 Å². The number of carbonyl (C=O) groups excluding carboxylic acids is 1. The number of anilines is 2.